The number of ether oxygens (including phenoxy) is 4. The minimum absolute atomic E-state index is 0.198. The first-order chi connectivity index (χ1) is 14.7. The van der Waals surface area contributed by atoms with Crippen molar-refractivity contribution >= 4 is 25.8 Å². The van der Waals surface area contributed by atoms with E-state index in [1.54, 1.807) is 25.2 Å². The van der Waals surface area contributed by atoms with Crippen LogP contribution in [0.1, 0.15) is 5.56 Å². The standard InChI is InChI=1S/C23H31NO6Si/c1-24(23(26)27-2)20-12-11-19(29-17-22(25)28-13-14-31(3,4)5)15-21(20)30-16-18-9-7-6-8-10-18/h6-12,15H,13-14,16-17H2,1-5H3. The van der Waals surface area contributed by atoms with Crippen molar-refractivity contribution in [1.82, 2.24) is 0 Å². The molecule has 0 aromatic heterocycles. The Morgan fingerprint density at radius 1 is 1.00 bits per heavy atom. The molecule has 0 saturated carbocycles. The molecular formula is C23H31NO6Si. The number of carbonyl (C=O) groups excluding carboxylic acids is 2. The fourth-order valence-electron chi connectivity index (χ4n) is 2.60. The lowest BCUT2D eigenvalue weighted by Crippen LogP contribution is -2.26. The number of hydrogen-bond acceptors (Lipinski definition) is 6. The number of amides is 1. The summed E-state index contributed by atoms with van der Waals surface area (Å²) >= 11 is 0. The van der Waals surface area contributed by atoms with Gasteiger partial charge in [0.2, 0.25) is 0 Å². The molecule has 8 heteroatoms. The summed E-state index contributed by atoms with van der Waals surface area (Å²) in [5, 5.41) is 0. The first-order valence-corrected chi connectivity index (χ1v) is 13.8. The van der Waals surface area contributed by atoms with Gasteiger partial charge in [-0.2, -0.15) is 0 Å². The van der Waals surface area contributed by atoms with Crippen molar-refractivity contribution in [2.45, 2.75) is 32.3 Å². The third-order valence-electron chi connectivity index (χ3n) is 4.45. The third kappa shape index (κ3) is 8.33. The van der Waals surface area contributed by atoms with Crippen LogP contribution >= 0.6 is 0 Å². The van der Waals surface area contributed by atoms with Crippen LogP contribution in [0.3, 0.4) is 0 Å². The lowest BCUT2D eigenvalue weighted by molar-refractivity contribution is -0.145. The Labute approximate surface area is 184 Å². The summed E-state index contributed by atoms with van der Waals surface area (Å²) in [6, 6.07) is 15.6. The van der Waals surface area contributed by atoms with Crippen LogP contribution in [0.25, 0.3) is 0 Å². The van der Waals surface area contributed by atoms with Crippen molar-refractivity contribution in [3.05, 3.63) is 54.1 Å². The van der Waals surface area contributed by atoms with E-state index in [1.165, 1.54) is 12.0 Å². The quantitative estimate of drug-likeness (QED) is 0.389. The van der Waals surface area contributed by atoms with E-state index in [9.17, 15) is 9.59 Å². The van der Waals surface area contributed by atoms with Gasteiger partial charge in [0.05, 0.1) is 19.4 Å². The highest BCUT2D eigenvalue weighted by atomic mass is 28.3. The maximum Gasteiger partial charge on any atom is 0.413 e. The van der Waals surface area contributed by atoms with E-state index in [1.807, 2.05) is 30.3 Å². The Morgan fingerprint density at radius 2 is 1.71 bits per heavy atom. The Hall–Kier alpha value is -3.00. The monoisotopic (exact) mass is 445 g/mol. The molecule has 0 spiro atoms. The SMILES string of the molecule is COC(=O)N(C)c1ccc(OCC(=O)OCC[Si](C)(C)C)cc1OCc1ccccc1. The second-order valence-electron chi connectivity index (χ2n) is 8.25. The molecule has 0 unspecified atom stereocenters. The van der Waals surface area contributed by atoms with Crippen LogP contribution in [-0.2, 0) is 20.9 Å². The molecule has 0 radical (unpaired) electrons. The molecule has 2 aromatic carbocycles. The van der Waals surface area contributed by atoms with Crippen molar-refractivity contribution in [1.29, 1.82) is 0 Å². The Morgan fingerprint density at radius 3 is 2.35 bits per heavy atom. The molecule has 1 amide bonds. The van der Waals surface area contributed by atoms with Gasteiger partial charge in [-0.05, 0) is 23.7 Å². The Kier molecular flexibility index (Phi) is 8.93. The fourth-order valence-corrected chi connectivity index (χ4v) is 3.32. The number of carbonyl (C=O) groups is 2. The van der Waals surface area contributed by atoms with Gasteiger partial charge in [0, 0.05) is 21.2 Å². The van der Waals surface area contributed by atoms with Crippen LogP contribution < -0.4 is 14.4 Å². The van der Waals surface area contributed by atoms with Crippen LogP contribution in [-0.4, -0.2) is 47.5 Å². The van der Waals surface area contributed by atoms with E-state index in [0.717, 1.165) is 11.6 Å². The molecule has 0 N–H and O–H groups in total. The molecular weight excluding hydrogens is 414 g/mol. The largest absolute Gasteiger partial charge is 0.487 e. The van der Waals surface area contributed by atoms with Gasteiger partial charge in [-0.15, -0.1) is 0 Å². The number of anilines is 1. The van der Waals surface area contributed by atoms with E-state index in [4.69, 9.17) is 18.9 Å². The lowest BCUT2D eigenvalue weighted by atomic mass is 10.2. The van der Waals surface area contributed by atoms with Gasteiger partial charge in [0.15, 0.2) is 6.61 Å². The fraction of sp³-hybridized carbons (Fsp3) is 0.391. The predicted molar refractivity (Wildman–Crippen MR) is 123 cm³/mol. The molecule has 2 aromatic rings. The lowest BCUT2D eigenvalue weighted by Gasteiger charge is -2.20. The zero-order valence-corrected chi connectivity index (χ0v) is 19.8. The Balaban J connectivity index is 2.06. The summed E-state index contributed by atoms with van der Waals surface area (Å²) in [6.07, 6.45) is -0.524. The first kappa shape index (κ1) is 24.3. The smallest absolute Gasteiger partial charge is 0.413 e. The molecule has 0 saturated heterocycles. The minimum Gasteiger partial charge on any atom is -0.487 e. The van der Waals surface area contributed by atoms with Crippen LogP contribution in [0.15, 0.2) is 48.5 Å². The molecule has 0 aliphatic heterocycles. The van der Waals surface area contributed by atoms with E-state index < -0.39 is 20.1 Å². The van der Waals surface area contributed by atoms with Gasteiger partial charge < -0.3 is 18.9 Å². The number of benzene rings is 2. The van der Waals surface area contributed by atoms with E-state index >= 15 is 0 Å². The van der Waals surface area contributed by atoms with Crippen molar-refractivity contribution in [3.8, 4) is 11.5 Å². The highest BCUT2D eigenvalue weighted by Crippen LogP contribution is 2.33. The predicted octanol–water partition coefficient (Wildman–Crippen LogP) is 4.73. The highest BCUT2D eigenvalue weighted by Gasteiger charge is 2.18. The topological polar surface area (TPSA) is 74.3 Å². The van der Waals surface area contributed by atoms with E-state index in [-0.39, 0.29) is 6.61 Å². The number of esters is 1. The van der Waals surface area contributed by atoms with Crippen LogP contribution in [0.5, 0.6) is 11.5 Å². The Bertz CT molecular complexity index is 866. The molecule has 31 heavy (non-hydrogen) atoms. The summed E-state index contributed by atoms with van der Waals surface area (Å²) in [6.45, 7) is 7.19. The van der Waals surface area contributed by atoms with Gasteiger partial charge in [0.25, 0.3) is 0 Å². The number of nitrogens with zero attached hydrogens (tertiary/aromatic N) is 1. The van der Waals surface area contributed by atoms with Gasteiger partial charge in [-0.25, -0.2) is 9.59 Å². The van der Waals surface area contributed by atoms with Gasteiger partial charge in [-0.1, -0.05) is 50.0 Å². The second-order valence-corrected chi connectivity index (χ2v) is 13.9. The molecule has 0 fully saturated rings. The number of methoxy groups -OCH3 is 1. The molecule has 168 valence electrons. The van der Waals surface area contributed by atoms with Crippen LogP contribution in [0.2, 0.25) is 25.7 Å². The second kappa shape index (κ2) is 11.4. The summed E-state index contributed by atoms with van der Waals surface area (Å²) in [7, 11) is 1.64. The van der Waals surface area contributed by atoms with E-state index in [0.29, 0.717) is 30.4 Å². The van der Waals surface area contributed by atoms with Gasteiger partial charge in [-0.3, -0.25) is 4.90 Å². The normalized spacial score (nSPS) is 10.9. The third-order valence-corrected chi connectivity index (χ3v) is 6.15. The summed E-state index contributed by atoms with van der Waals surface area (Å²) < 4.78 is 21.6. The number of hydrogen-bond donors (Lipinski definition) is 0. The molecule has 0 aliphatic rings. The average Bonchev–Trinajstić information content (AvgIpc) is 2.75. The van der Waals surface area contributed by atoms with Crippen molar-refractivity contribution < 1.29 is 28.5 Å². The van der Waals surface area contributed by atoms with Crippen molar-refractivity contribution in [3.63, 3.8) is 0 Å². The molecule has 0 aliphatic carbocycles. The highest BCUT2D eigenvalue weighted by molar-refractivity contribution is 6.76. The number of rotatable bonds is 10. The maximum absolute atomic E-state index is 12.0. The summed E-state index contributed by atoms with van der Waals surface area (Å²) in [5.74, 6) is 0.453. The average molecular weight is 446 g/mol. The molecule has 2 rings (SSSR count). The summed E-state index contributed by atoms with van der Waals surface area (Å²) in [4.78, 5) is 25.3. The molecule has 0 bridgehead atoms. The van der Waals surface area contributed by atoms with Crippen LogP contribution in [0, 0.1) is 0 Å². The summed E-state index contributed by atoms with van der Waals surface area (Å²) in [5.41, 5.74) is 1.50. The van der Waals surface area contributed by atoms with Gasteiger partial charge in [0.1, 0.15) is 18.1 Å². The van der Waals surface area contributed by atoms with E-state index in [2.05, 4.69) is 19.6 Å². The van der Waals surface area contributed by atoms with Crippen LogP contribution in [0.4, 0.5) is 10.5 Å². The molecule has 7 nitrogen and oxygen atoms in total. The maximum atomic E-state index is 12.0. The molecule has 0 heterocycles. The minimum atomic E-state index is -1.26. The van der Waals surface area contributed by atoms with Crippen molar-refractivity contribution in [2.75, 3.05) is 32.3 Å². The zero-order chi connectivity index (χ0) is 22.9. The van der Waals surface area contributed by atoms with Gasteiger partial charge >= 0.3 is 12.1 Å². The van der Waals surface area contributed by atoms with Crippen molar-refractivity contribution in [2.24, 2.45) is 0 Å². The zero-order valence-electron chi connectivity index (χ0n) is 18.8. The first-order valence-electron chi connectivity index (χ1n) is 10.1. The molecule has 0 atom stereocenters.